The zero-order valence-corrected chi connectivity index (χ0v) is 11.2. The van der Waals surface area contributed by atoms with Gasteiger partial charge in [0.2, 0.25) is 0 Å². The van der Waals surface area contributed by atoms with Crippen molar-refractivity contribution in [3.63, 3.8) is 0 Å². The molecule has 0 aliphatic heterocycles. The van der Waals surface area contributed by atoms with Crippen molar-refractivity contribution < 1.29 is 18.0 Å². The Morgan fingerprint density at radius 3 is 2.00 bits per heavy atom. The Hall–Kier alpha value is -1.21. The van der Waals surface area contributed by atoms with Crippen LogP contribution in [0.1, 0.15) is 5.56 Å². The summed E-state index contributed by atoms with van der Waals surface area (Å²) in [4.78, 5) is 0. The van der Waals surface area contributed by atoms with Crippen molar-refractivity contribution in [3.05, 3.63) is 29.8 Å². The van der Waals surface area contributed by atoms with Crippen molar-refractivity contribution in [2.24, 2.45) is 0 Å². The number of hydrogen-bond donors (Lipinski definition) is 1. The molecule has 6 heteroatoms. The molecule has 0 saturated carbocycles. The van der Waals surface area contributed by atoms with Crippen molar-refractivity contribution in [2.75, 3.05) is 21.3 Å². The molecule has 17 heavy (non-hydrogen) atoms. The van der Waals surface area contributed by atoms with E-state index < -0.39 is 8.80 Å². The molecule has 0 aliphatic carbocycles. The molecule has 0 amide bonds. The monoisotopic (exact) mass is 255 g/mol. The summed E-state index contributed by atoms with van der Waals surface area (Å²) in [7, 11) is 1.99. The van der Waals surface area contributed by atoms with E-state index in [2.05, 4.69) is 0 Å². The van der Waals surface area contributed by atoms with E-state index in [0.717, 1.165) is 17.2 Å². The second kappa shape index (κ2) is 6.50. The fourth-order valence-electron chi connectivity index (χ4n) is 1.55. The SMILES string of the molecule is CO[Si](OC)(OC)c1ccc(COC=N)cc1. The van der Waals surface area contributed by atoms with Crippen LogP contribution in [0.3, 0.4) is 0 Å². The van der Waals surface area contributed by atoms with E-state index in [-0.39, 0.29) is 0 Å². The average molecular weight is 255 g/mol. The third-order valence-corrected chi connectivity index (χ3v) is 5.10. The molecule has 0 atom stereocenters. The molecule has 94 valence electrons. The summed E-state index contributed by atoms with van der Waals surface area (Å²) in [6, 6.07) is 7.59. The summed E-state index contributed by atoms with van der Waals surface area (Å²) in [5.41, 5.74) is 0.975. The van der Waals surface area contributed by atoms with Gasteiger partial charge in [-0.25, -0.2) is 0 Å². The largest absolute Gasteiger partial charge is 0.536 e. The summed E-state index contributed by atoms with van der Waals surface area (Å²) in [5, 5.41) is 7.67. The van der Waals surface area contributed by atoms with Crippen molar-refractivity contribution in [1.29, 1.82) is 5.41 Å². The van der Waals surface area contributed by atoms with Gasteiger partial charge in [0.15, 0.2) is 6.40 Å². The predicted octanol–water partition coefficient (Wildman–Crippen LogP) is 0.895. The summed E-state index contributed by atoms with van der Waals surface area (Å²) < 4.78 is 21.0. The molecular weight excluding hydrogens is 238 g/mol. The lowest BCUT2D eigenvalue weighted by atomic mass is 10.2. The smallest absolute Gasteiger partial charge is 0.479 e. The molecule has 0 unspecified atom stereocenters. The van der Waals surface area contributed by atoms with Crippen LogP contribution >= 0.6 is 0 Å². The molecule has 1 aromatic carbocycles. The lowest BCUT2D eigenvalue weighted by Crippen LogP contribution is -2.54. The van der Waals surface area contributed by atoms with E-state index in [1.807, 2.05) is 24.3 Å². The number of ether oxygens (including phenoxy) is 1. The average Bonchev–Trinajstić information content (AvgIpc) is 2.40. The molecule has 0 aliphatic rings. The maximum absolute atomic E-state index is 6.78. The highest BCUT2D eigenvalue weighted by Crippen LogP contribution is 2.08. The molecule has 0 bridgehead atoms. The van der Waals surface area contributed by atoms with Crippen LogP contribution < -0.4 is 5.19 Å². The number of nitrogens with one attached hydrogen (secondary N) is 1. The molecule has 1 rings (SSSR count). The normalized spacial score (nSPS) is 11.2. The van der Waals surface area contributed by atoms with Gasteiger partial charge in [0, 0.05) is 26.5 Å². The van der Waals surface area contributed by atoms with Gasteiger partial charge in [-0.3, -0.25) is 5.41 Å². The van der Waals surface area contributed by atoms with Crippen LogP contribution in [0, 0.1) is 5.41 Å². The topological polar surface area (TPSA) is 60.8 Å². The molecule has 0 saturated heterocycles. The van der Waals surface area contributed by atoms with Gasteiger partial charge in [0.05, 0.1) is 0 Å². The number of rotatable bonds is 7. The van der Waals surface area contributed by atoms with Crippen molar-refractivity contribution >= 4 is 20.4 Å². The minimum atomic E-state index is -2.73. The zero-order chi connectivity index (χ0) is 12.7. The minimum Gasteiger partial charge on any atom is -0.479 e. The van der Waals surface area contributed by atoms with Crippen LogP contribution in [0.25, 0.3) is 0 Å². The predicted molar refractivity (Wildman–Crippen MR) is 66.4 cm³/mol. The first kappa shape index (κ1) is 13.9. The molecule has 0 aromatic heterocycles. The van der Waals surface area contributed by atoms with Crippen LogP contribution in [-0.2, 0) is 24.6 Å². The second-order valence-corrected chi connectivity index (χ2v) is 6.21. The first-order chi connectivity index (χ1) is 8.22. The molecule has 5 nitrogen and oxygen atoms in total. The van der Waals surface area contributed by atoms with Crippen molar-refractivity contribution in [3.8, 4) is 0 Å². The standard InChI is InChI=1S/C11H17NO4Si/c1-13-17(14-2,15-3)11-6-4-10(5-7-11)8-16-9-12/h4-7,9,12H,8H2,1-3H3. The third-order valence-electron chi connectivity index (χ3n) is 2.45. The molecular formula is C11H17NO4Si. The van der Waals surface area contributed by atoms with Gasteiger partial charge in [0.1, 0.15) is 6.61 Å². The van der Waals surface area contributed by atoms with E-state index in [1.54, 1.807) is 21.3 Å². The highest BCUT2D eigenvalue weighted by atomic mass is 28.4. The van der Waals surface area contributed by atoms with E-state index in [0.29, 0.717) is 6.61 Å². The van der Waals surface area contributed by atoms with Gasteiger partial charge in [-0.05, 0) is 5.56 Å². The van der Waals surface area contributed by atoms with E-state index in [9.17, 15) is 0 Å². The van der Waals surface area contributed by atoms with Gasteiger partial charge in [-0.1, -0.05) is 24.3 Å². The van der Waals surface area contributed by atoms with E-state index in [1.165, 1.54) is 0 Å². The minimum absolute atomic E-state index is 0.380. The lowest BCUT2D eigenvalue weighted by Gasteiger charge is -2.24. The summed E-state index contributed by atoms with van der Waals surface area (Å²) >= 11 is 0. The van der Waals surface area contributed by atoms with Gasteiger partial charge in [-0.2, -0.15) is 0 Å². The maximum Gasteiger partial charge on any atom is 0.536 e. The van der Waals surface area contributed by atoms with Crippen LogP contribution in [-0.4, -0.2) is 36.5 Å². The fourth-order valence-corrected chi connectivity index (χ4v) is 3.33. The van der Waals surface area contributed by atoms with Gasteiger partial charge < -0.3 is 18.0 Å². The Kier molecular flexibility index (Phi) is 5.30. The molecule has 0 radical (unpaired) electrons. The lowest BCUT2D eigenvalue weighted by molar-refractivity contribution is 0.140. The van der Waals surface area contributed by atoms with Crippen LogP contribution in [0.4, 0.5) is 0 Å². The molecule has 0 spiro atoms. The third kappa shape index (κ3) is 3.13. The van der Waals surface area contributed by atoms with Gasteiger partial charge in [0.25, 0.3) is 0 Å². The molecule has 1 N–H and O–H groups in total. The van der Waals surface area contributed by atoms with Gasteiger partial charge >= 0.3 is 8.80 Å². The van der Waals surface area contributed by atoms with Gasteiger partial charge in [-0.15, -0.1) is 0 Å². The van der Waals surface area contributed by atoms with E-state index in [4.69, 9.17) is 23.4 Å². The Bertz CT molecular complexity index is 343. The summed E-state index contributed by atoms with van der Waals surface area (Å²) in [5.74, 6) is 0. The number of benzene rings is 1. The molecule has 0 heterocycles. The first-order valence-electron chi connectivity index (χ1n) is 5.08. The highest BCUT2D eigenvalue weighted by molar-refractivity contribution is 6.75. The summed E-state index contributed by atoms with van der Waals surface area (Å²) in [6.07, 6.45) is 0.923. The Balaban J connectivity index is 2.88. The van der Waals surface area contributed by atoms with Crippen molar-refractivity contribution in [1.82, 2.24) is 0 Å². The Morgan fingerprint density at radius 2 is 1.59 bits per heavy atom. The Morgan fingerprint density at radius 1 is 1.06 bits per heavy atom. The second-order valence-electron chi connectivity index (χ2n) is 3.29. The van der Waals surface area contributed by atoms with Crippen LogP contribution in [0.15, 0.2) is 24.3 Å². The zero-order valence-electron chi connectivity index (χ0n) is 10.2. The first-order valence-corrected chi connectivity index (χ1v) is 6.80. The highest BCUT2D eigenvalue weighted by Gasteiger charge is 2.40. The quantitative estimate of drug-likeness (QED) is 0.447. The molecule has 1 aromatic rings. The fraction of sp³-hybridized carbons (Fsp3) is 0.364. The number of hydrogen-bond acceptors (Lipinski definition) is 5. The van der Waals surface area contributed by atoms with Crippen molar-refractivity contribution in [2.45, 2.75) is 6.61 Å². The van der Waals surface area contributed by atoms with Crippen LogP contribution in [0.5, 0.6) is 0 Å². The summed E-state index contributed by atoms with van der Waals surface area (Å²) in [6.45, 7) is 0.380. The molecule has 0 fully saturated rings. The van der Waals surface area contributed by atoms with E-state index >= 15 is 0 Å². The Labute approximate surface area is 102 Å². The maximum atomic E-state index is 6.78. The van der Waals surface area contributed by atoms with Crippen LogP contribution in [0.2, 0.25) is 0 Å².